The molecule has 0 spiro atoms. The van der Waals surface area contributed by atoms with Gasteiger partial charge in [0.25, 0.3) is 0 Å². The molecule has 2 aliphatic carbocycles. The predicted molar refractivity (Wildman–Crippen MR) is 71.4 cm³/mol. The standard InChI is InChI=1S/C13H10Br2.Cu/c14-13(15)6-5-12-10(8-13)7-9-3-1-2-4-11(9)12;/h1-6H,7-8H2;. The van der Waals surface area contributed by atoms with Crippen LogP contribution in [0.1, 0.15) is 17.5 Å². The van der Waals surface area contributed by atoms with Crippen molar-refractivity contribution in [2.75, 3.05) is 0 Å². The second-order valence-corrected chi connectivity index (χ2v) is 8.02. The van der Waals surface area contributed by atoms with Gasteiger partial charge in [-0.15, -0.1) is 0 Å². The molecule has 0 bridgehead atoms. The van der Waals surface area contributed by atoms with Gasteiger partial charge in [0.15, 0.2) is 0 Å². The molecule has 0 atom stereocenters. The summed E-state index contributed by atoms with van der Waals surface area (Å²) in [6.45, 7) is 0. The molecule has 1 radical (unpaired) electrons. The van der Waals surface area contributed by atoms with Crippen LogP contribution in [0.5, 0.6) is 0 Å². The van der Waals surface area contributed by atoms with Crippen molar-refractivity contribution in [3.63, 3.8) is 0 Å². The summed E-state index contributed by atoms with van der Waals surface area (Å²) < 4.78 is -0.0269. The van der Waals surface area contributed by atoms with Gasteiger partial charge in [-0.05, 0) is 29.5 Å². The first-order chi connectivity index (χ1) is 7.16. The molecule has 2 aliphatic rings. The first-order valence-corrected chi connectivity index (χ1v) is 6.62. The van der Waals surface area contributed by atoms with E-state index < -0.39 is 0 Å². The summed E-state index contributed by atoms with van der Waals surface area (Å²) >= 11 is 7.34. The van der Waals surface area contributed by atoms with Crippen LogP contribution < -0.4 is 0 Å². The molecule has 0 amide bonds. The number of benzene rings is 1. The number of halogens is 2. The Morgan fingerprint density at radius 3 is 2.69 bits per heavy atom. The van der Waals surface area contributed by atoms with Crippen LogP contribution in [-0.4, -0.2) is 3.23 Å². The van der Waals surface area contributed by atoms with Crippen molar-refractivity contribution in [3.05, 3.63) is 53.1 Å². The van der Waals surface area contributed by atoms with E-state index in [2.05, 4.69) is 68.3 Å². The smallest absolute Gasteiger partial charge is 0.0677 e. The van der Waals surface area contributed by atoms with Crippen molar-refractivity contribution < 1.29 is 17.1 Å². The van der Waals surface area contributed by atoms with Gasteiger partial charge in [-0.2, -0.15) is 0 Å². The number of allylic oxidation sites excluding steroid dienone is 4. The van der Waals surface area contributed by atoms with E-state index in [4.69, 9.17) is 0 Å². The fourth-order valence-corrected chi connectivity index (χ4v) is 3.31. The van der Waals surface area contributed by atoms with E-state index in [1.54, 1.807) is 0 Å². The van der Waals surface area contributed by atoms with Crippen molar-refractivity contribution in [1.29, 1.82) is 0 Å². The van der Waals surface area contributed by atoms with Crippen LogP contribution in [0.4, 0.5) is 0 Å². The third-order valence-electron chi connectivity index (χ3n) is 3.04. The van der Waals surface area contributed by atoms with Gasteiger partial charge in [0.2, 0.25) is 0 Å². The molecule has 16 heavy (non-hydrogen) atoms. The Kier molecular flexibility index (Phi) is 3.52. The molecule has 1 aromatic rings. The second kappa shape index (κ2) is 4.45. The van der Waals surface area contributed by atoms with Crippen LogP contribution >= 0.6 is 31.9 Å². The van der Waals surface area contributed by atoms with Gasteiger partial charge in [0.1, 0.15) is 3.23 Å². The Morgan fingerprint density at radius 2 is 1.88 bits per heavy atom. The van der Waals surface area contributed by atoms with Gasteiger partial charge in [0.05, 0.1) is 0 Å². The number of hydrogen-bond donors (Lipinski definition) is 0. The average molecular weight is 390 g/mol. The maximum Gasteiger partial charge on any atom is 0.102 e. The van der Waals surface area contributed by atoms with E-state index in [0.29, 0.717) is 0 Å². The number of rotatable bonds is 0. The summed E-state index contributed by atoms with van der Waals surface area (Å²) in [4.78, 5) is 0. The zero-order valence-electron chi connectivity index (χ0n) is 8.44. The maximum atomic E-state index is 3.67. The van der Waals surface area contributed by atoms with Gasteiger partial charge < -0.3 is 0 Å². The van der Waals surface area contributed by atoms with Crippen LogP contribution in [0.15, 0.2) is 42.0 Å². The van der Waals surface area contributed by atoms with E-state index in [9.17, 15) is 0 Å². The molecule has 0 heterocycles. The Balaban J connectivity index is 0.000000963. The normalized spacial score (nSPS) is 20.1. The zero-order chi connectivity index (χ0) is 10.5. The van der Waals surface area contributed by atoms with Crippen molar-refractivity contribution in [2.24, 2.45) is 0 Å². The van der Waals surface area contributed by atoms with Crippen LogP contribution in [0, 0.1) is 0 Å². The molecule has 0 fully saturated rings. The number of hydrogen-bond acceptors (Lipinski definition) is 0. The number of fused-ring (bicyclic) bond motifs is 2. The Hall–Kier alpha value is 0.179. The predicted octanol–water partition coefficient (Wildman–Crippen LogP) is 4.44. The largest absolute Gasteiger partial charge is 0.102 e. The minimum atomic E-state index is -0.0269. The molecule has 0 aromatic heterocycles. The average Bonchev–Trinajstić information content (AvgIpc) is 2.52. The summed E-state index contributed by atoms with van der Waals surface area (Å²) in [5, 5.41) is 0. The Morgan fingerprint density at radius 1 is 1.12 bits per heavy atom. The summed E-state index contributed by atoms with van der Waals surface area (Å²) in [5.41, 5.74) is 5.84. The fraction of sp³-hybridized carbons (Fsp3) is 0.231. The molecular formula is C13H10Br2Cu. The first kappa shape index (κ1) is 12.6. The van der Waals surface area contributed by atoms with Gasteiger partial charge in [0, 0.05) is 17.1 Å². The quantitative estimate of drug-likeness (QED) is 0.455. The van der Waals surface area contributed by atoms with E-state index in [-0.39, 0.29) is 20.3 Å². The monoisotopic (exact) mass is 387 g/mol. The second-order valence-electron chi connectivity index (χ2n) is 4.12. The van der Waals surface area contributed by atoms with Crippen molar-refractivity contribution >= 4 is 37.4 Å². The van der Waals surface area contributed by atoms with Gasteiger partial charge >= 0.3 is 0 Å². The third-order valence-corrected chi connectivity index (χ3v) is 4.12. The molecule has 3 rings (SSSR count). The minimum absolute atomic E-state index is 0. The third kappa shape index (κ3) is 2.11. The molecule has 87 valence electrons. The van der Waals surface area contributed by atoms with E-state index in [1.165, 1.54) is 22.3 Å². The van der Waals surface area contributed by atoms with Crippen LogP contribution in [0.3, 0.4) is 0 Å². The molecule has 1 aromatic carbocycles. The van der Waals surface area contributed by atoms with Crippen LogP contribution in [0.2, 0.25) is 0 Å². The van der Waals surface area contributed by atoms with Gasteiger partial charge in [-0.3, -0.25) is 0 Å². The maximum absolute atomic E-state index is 3.67. The van der Waals surface area contributed by atoms with E-state index in [0.717, 1.165) is 12.8 Å². The molecule has 0 saturated heterocycles. The summed E-state index contributed by atoms with van der Waals surface area (Å²) in [7, 11) is 0. The zero-order valence-corrected chi connectivity index (χ0v) is 12.5. The molecule has 3 heteroatoms. The molecule has 0 N–H and O–H groups in total. The molecule has 0 saturated carbocycles. The van der Waals surface area contributed by atoms with Crippen molar-refractivity contribution in [1.82, 2.24) is 0 Å². The van der Waals surface area contributed by atoms with Crippen LogP contribution in [-0.2, 0) is 23.5 Å². The number of alkyl halides is 2. The van der Waals surface area contributed by atoms with Gasteiger partial charge in [-0.1, -0.05) is 73.9 Å². The fourth-order valence-electron chi connectivity index (χ4n) is 2.37. The van der Waals surface area contributed by atoms with Crippen molar-refractivity contribution in [2.45, 2.75) is 16.1 Å². The topological polar surface area (TPSA) is 0 Å². The summed E-state index contributed by atoms with van der Waals surface area (Å²) in [6, 6.07) is 8.69. The molecule has 0 aliphatic heterocycles. The van der Waals surface area contributed by atoms with Crippen LogP contribution in [0.25, 0.3) is 5.57 Å². The summed E-state index contributed by atoms with van der Waals surface area (Å²) in [5.74, 6) is 0. The van der Waals surface area contributed by atoms with Gasteiger partial charge in [-0.25, -0.2) is 0 Å². The SMILES string of the molecule is BrC1(Br)C=CC2=C(Cc3ccccc32)C1.[Cu]. The Bertz CT molecular complexity index is 486. The van der Waals surface area contributed by atoms with Crippen molar-refractivity contribution in [3.8, 4) is 0 Å². The molecule has 0 unspecified atom stereocenters. The van der Waals surface area contributed by atoms with E-state index in [1.807, 2.05) is 0 Å². The molecule has 0 nitrogen and oxygen atoms in total. The molecular weight excluding hydrogens is 379 g/mol. The first-order valence-electron chi connectivity index (χ1n) is 5.03. The minimum Gasteiger partial charge on any atom is -0.0677 e. The Labute approximate surface area is 123 Å². The van der Waals surface area contributed by atoms with E-state index >= 15 is 0 Å². The summed E-state index contributed by atoms with van der Waals surface area (Å²) in [6.07, 6.45) is 6.57.